The van der Waals surface area contributed by atoms with Gasteiger partial charge in [-0.3, -0.25) is 0 Å². The molecule has 0 spiro atoms. The van der Waals surface area contributed by atoms with Crippen LogP contribution in [0.2, 0.25) is 0 Å². The lowest BCUT2D eigenvalue weighted by Gasteiger charge is -2.35. The monoisotopic (exact) mass is 332 g/mol. The number of fused-ring (bicyclic) bond motifs is 5. The molecule has 0 atom stereocenters. The SMILES string of the molecule is C=CC1=C(/C=C\C)C(C)(C)c2c(ccc3c2sc2ccccc23)O1. The third kappa shape index (κ3) is 1.99. The van der Waals surface area contributed by atoms with E-state index >= 15 is 0 Å². The summed E-state index contributed by atoms with van der Waals surface area (Å²) in [4.78, 5) is 0. The van der Waals surface area contributed by atoms with Crippen LogP contribution in [0.4, 0.5) is 0 Å². The van der Waals surface area contributed by atoms with Crippen molar-refractivity contribution in [3.63, 3.8) is 0 Å². The number of ether oxygens (including phenoxy) is 1. The van der Waals surface area contributed by atoms with Crippen LogP contribution < -0.4 is 4.74 Å². The minimum absolute atomic E-state index is 0.135. The van der Waals surface area contributed by atoms with Crippen molar-refractivity contribution < 1.29 is 4.74 Å². The summed E-state index contributed by atoms with van der Waals surface area (Å²) < 4.78 is 8.85. The van der Waals surface area contributed by atoms with Gasteiger partial charge in [0, 0.05) is 36.7 Å². The largest absolute Gasteiger partial charge is 0.457 e. The van der Waals surface area contributed by atoms with Crippen molar-refractivity contribution >= 4 is 31.5 Å². The summed E-state index contributed by atoms with van der Waals surface area (Å²) in [5, 5.41) is 2.63. The molecule has 4 rings (SSSR count). The van der Waals surface area contributed by atoms with E-state index in [1.165, 1.54) is 31.3 Å². The van der Waals surface area contributed by atoms with E-state index in [9.17, 15) is 0 Å². The zero-order chi connectivity index (χ0) is 16.9. The van der Waals surface area contributed by atoms with Crippen LogP contribution in [0.15, 0.2) is 72.5 Å². The molecule has 1 aliphatic rings. The van der Waals surface area contributed by atoms with E-state index in [1.54, 1.807) is 0 Å². The molecule has 1 aliphatic heterocycles. The van der Waals surface area contributed by atoms with Gasteiger partial charge in [-0.1, -0.05) is 50.8 Å². The van der Waals surface area contributed by atoms with Crippen LogP contribution in [-0.4, -0.2) is 0 Å². The molecule has 3 aromatic rings. The molecule has 1 aromatic heterocycles. The lowest BCUT2D eigenvalue weighted by molar-refractivity contribution is 0.391. The van der Waals surface area contributed by atoms with Gasteiger partial charge in [0.2, 0.25) is 0 Å². The van der Waals surface area contributed by atoms with Crippen molar-refractivity contribution in [2.75, 3.05) is 0 Å². The normalized spacial score (nSPS) is 16.6. The average molecular weight is 332 g/mol. The Labute approximate surface area is 146 Å². The first-order valence-electron chi connectivity index (χ1n) is 8.20. The zero-order valence-electron chi connectivity index (χ0n) is 14.2. The molecule has 0 saturated heterocycles. The van der Waals surface area contributed by atoms with Gasteiger partial charge in [-0.15, -0.1) is 11.3 Å². The predicted octanol–water partition coefficient (Wildman–Crippen LogP) is 6.74. The van der Waals surface area contributed by atoms with Crippen molar-refractivity contribution in [3.05, 3.63) is 78.1 Å². The van der Waals surface area contributed by atoms with Gasteiger partial charge in [0.05, 0.1) is 0 Å². The quantitative estimate of drug-likeness (QED) is 0.505. The van der Waals surface area contributed by atoms with Gasteiger partial charge in [0.25, 0.3) is 0 Å². The third-order valence-corrected chi connectivity index (χ3v) is 6.02. The van der Waals surface area contributed by atoms with E-state index in [2.05, 4.69) is 69.0 Å². The summed E-state index contributed by atoms with van der Waals surface area (Å²) >= 11 is 1.86. The maximum atomic E-state index is 6.20. The first-order chi connectivity index (χ1) is 11.6. The predicted molar refractivity (Wildman–Crippen MR) is 105 cm³/mol. The van der Waals surface area contributed by atoms with Crippen molar-refractivity contribution in [2.45, 2.75) is 26.2 Å². The Kier molecular flexibility index (Phi) is 3.40. The fourth-order valence-electron chi connectivity index (χ4n) is 3.67. The Morgan fingerprint density at radius 3 is 2.62 bits per heavy atom. The highest BCUT2D eigenvalue weighted by Gasteiger charge is 2.36. The Bertz CT molecular complexity index is 1030. The fourth-order valence-corrected chi connectivity index (χ4v) is 5.07. The van der Waals surface area contributed by atoms with E-state index in [0.29, 0.717) is 0 Å². The zero-order valence-corrected chi connectivity index (χ0v) is 15.0. The van der Waals surface area contributed by atoms with Gasteiger partial charge in [-0.2, -0.15) is 0 Å². The van der Waals surface area contributed by atoms with Crippen molar-refractivity contribution in [1.29, 1.82) is 0 Å². The van der Waals surface area contributed by atoms with Gasteiger partial charge in [-0.05, 0) is 31.2 Å². The van der Waals surface area contributed by atoms with Gasteiger partial charge < -0.3 is 4.74 Å². The Balaban J connectivity index is 2.10. The second-order valence-corrected chi connectivity index (χ2v) is 7.67. The highest BCUT2D eigenvalue weighted by Crippen LogP contribution is 2.50. The van der Waals surface area contributed by atoms with Crippen molar-refractivity contribution in [1.82, 2.24) is 0 Å². The Morgan fingerprint density at radius 2 is 1.88 bits per heavy atom. The minimum atomic E-state index is -0.135. The lowest BCUT2D eigenvalue weighted by Crippen LogP contribution is -2.27. The van der Waals surface area contributed by atoms with Crippen molar-refractivity contribution in [3.8, 4) is 5.75 Å². The maximum Gasteiger partial charge on any atom is 0.132 e. The van der Waals surface area contributed by atoms with Crippen LogP contribution in [0.25, 0.3) is 20.2 Å². The van der Waals surface area contributed by atoms with Crippen LogP contribution in [0.3, 0.4) is 0 Å². The molecule has 0 radical (unpaired) electrons. The molecule has 0 N–H and O–H groups in total. The smallest absolute Gasteiger partial charge is 0.132 e. The van der Waals surface area contributed by atoms with Gasteiger partial charge in [-0.25, -0.2) is 0 Å². The molecule has 2 aromatic carbocycles. The average Bonchev–Trinajstić information content (AvgIpc) is 2.95. The number of rotatable bonds is 2. The van der Waals surface area contributed by atoms with Crippen LogP contribution in [0.1, 0.15) is 26.3 Å². The van der Waals surface area contributed by atoms with Crippen LogP contribution in [0, 0.1) is 0 Å². The topological polar surface area (TPSA) is 9.23 Å². The minimum Gasteiger partial charge on any atom is -0.457 e. The number of benzene rings is 2. The molecule has 0 saturated carbocycles. The first kappa shape index (κ1) is 15.2. The molecule has 0 bridgehead atoms. The number of allylic oxidation sites excluding steroid dienone is 4. The summed E-state index contributed by atoms with van der Waals surface area (Å²) in [6.07, 6.45) is 6.03. The van der Waals surface area contributed by atoms with Gasteiger partial charge in [0.1, 0.15) is 11.5 Å². The number of hydrogen-bond acceptors (Lipinski definition) is 2. The molecular formula is C22H20OS. The molecular weight excluding hydrogens is 312 g/mol. The summed E-state index contributed by atoms with van der Waals surface area (Å²) in [5.41, 5.74) is 2.32. The van der Waals surface area contributed by atoms with Crippen LogP contribution in [-0.2, 0) is 5.41 Å². The molecule has 1 nitrogen and oxygen atoms in total. The van der Waals surface area contributed by atoms with Crippen molar-refractivity contribution in [2.24, 2.45) is 0 Å². The maximum absolute atomic E-state index is 6.20. The molecule has 2 heteroatoms. The molecule has 24 heavy (non-hydrogen) atoms. The summed E-state index contributed by atoms with van der Waals surface area (Å²) in [6, 6.07) is 12.9. The van der Waals surface area contributed by atoms with Gasteiger partial charge >= 0.3 is 0 Å². The summed E-state index contributed by atoms with van der Waals surface area (Å²) in [5.74, 6) is 1.80. The second-order valence-electron chi connectivity index (χ2n) is 6.62. The van der Waals surface area contributed by atoms with Gasteiger partial charge in [0.15, 0.2) is 0 Å². The molecule has 0 amide bonds. The second kappa shape index (κ2) is 5.35. The van der Waals surface area contributed by atoms with E-state index in [0.717, 1.165) is 11.5 Å². The Morgan fingerprint density at radius 1 is 1.08 bits per heavy atom. The van der Waals surface area contributed by atoms with E-state index in [-0.39, 0.29) is 5.41 Å². The number of hydrogen-bond donors (Lipinski definition) is 0. The van der Waals surface area contributed by atoms with E-state index < -0.39 is 0 Å². The molecule has 120 valence electrons. The highest BCUT2D eigenvalue weighted by molar-refractivity contribution is 7.26. The highest BCUT2D eigenvalue weighted by atomic mass is 32.1. The number of thiophene rings is 1. The first-order valence-corrected chi connectivity index (χ1v) is 9.02. The summed E-state index contributed by atoms with van der Waals surface area (Å²) in [6.45, 7) is 10.5. The van der Waals surface area contributed by atoms with E-state index in [1.807, 2.05) is 24.3 Å². The lowest BCUT2D eigenvalue weighted by atomic mass is 9.74. The van der Waals surface area contributed by atoms with E-state index in [4.69, 9.17) is 4.74 Å². The van der Waals surface area contributed by atoms with Crippen LogP contribution >= 0.6 is 11.3 Å². The molecule has 0 fully saturated rings. The molecule has 0 unspecified atom stereocenters. The Hall–Kier alpha value is -2.32. The fraction of sp³-hybridized carbons (Fsp3) is 0.182. The third-order valence-electron chi connectivity index (χ3n) is 4.81. The summed E-state index contributed by atoms with van der Waals surface area (Å²) in [7, 11) is 0. The standard InChI is InChI=1S/C22H20OS/c1-5-9-16-17(6-2)23-18-13-12-15-14-10-7-8-11-19(14)24-21(15)20(18)22(16,3)4/h5-13H,2H2,1,3-4H3/b9-5-. The molecule has 0 aliphatic carbocycles. The molecule has 2 heterocycles. The van der Waals surface area contributed by atoms with Crippen LogP contribution in [0.5, 0.6) is 5.75 Å².